The second-order valence-corrected chi connectivity index (χ2v) is 6.63. The highest BCUT2D eigenvalue weighted by molar-refractivity contribution is 5.93. The lowest BCUT2D eigenvalue weighted by atomic mass is 9.96. The van der Waals surface area contributed by atoms with Crippen LogP contribution in [0.25, 0.3) is 5.82 Å². The molecule has 1 unspecified atom stereocenters. The van der Waals surface area contributed by atoms with Crippen molar-refractivity contribution in [3.05, 3.63) is 31.0 Å². The summed E-state index contributed by atoms with van der Waals surface area (Å²) in [5, 5.41) is 6.92. The van der Waals surface area contributed by atoms with Gasteiger partial charge in [-0.25, -0.2) is 14.6 Å². The number of hydrogen-bond acceptors (Lipinski definition) is 5. The topological polar surface area (TPSA) is 93.0 Å². The van der Waals surface area contributed by atoms with E-state index < -0.39 is 0 Å². The minimum Gasteiger partial charge on any atom is -0.342 e. The zero-order valence-electron chi connectivity index (χ0n) is 13.8. The molecule has 0 aromatic carbocycles. The first kappa shape index (κ1) is 15.7. The second kappa shape index (κ2) is 6.62. The van der Waals surface area contributed by atoms with E-state index in [1.807, 2.05) is 4.90 Å². The number of anilines is 1. The van der Waals surface area contributed by atoms with Gasteiger partial charge in [-0.2, -0.15) is 5.10 Å². The van der Waals surface area contributed by atoms with Crippen LogP contribution in [0.4, 0.5) is 5.69 Å². The van der Waals surface area contributed by atoms with Gasteiger partial charge in [-0.3, -0.25) is 9.59 Å². The summed E-state index contributed by atoms with van der Waals surface area (Å²) in [7, 11) is 0. The number of carbonyl (C=O) groups excluding carboxylic acids is 2. The fraction of sp³-hybridized carbons (Fsp3) is 0.471. The summed E-state index contributed by atoms with van der Waals surface area (Å²) in [6.07, 6.45) is 8.28. The van der Waals surface area contributed by atoms with Crippen LogP contribution >= 0.6 is 0 Å². The minimum absolute atomic E-state index is 0.0522. The lowest BCUT2D eigenvalue weighted by Gasteiger charge is -2.32. The first-order chi connectivity index (χ1) is 12.2. The van der Waals surface area contributed by atoms with Crippen LogP contribution in [0.15, 0.2) is 31.0 Å². The van der Waals surface area contributed by atoms with Gasteiger partial charge in [-0.05, 0) is 37.8 Å². The third-order valence-corrected chi connectivity index (χ3v) is 4.70. The summed E-state index contributed by atoms with van der Waals surface area (Å²) in [5.74, 6) is 0.844. The van der Waals surface area contributed by atoms with Gasteiger partial charge >= 0.3 is 0 Å². The lowest BCUT2D eigenvalue weighted by molar-refractivity contribution is -0.135. The van der Waals surface area contributed by atoms with Crippen molar-refractivity contribution in [1.29, 1.82) is 0 Å². The normalized spacial score (nSPS) is 20.3. The maximum absolute atomic E-state index is 12.5. The monoisotopic (exact) mass is 340 g/mol. The maximum atomic E-state index is 12.5. The molecular weight excluding hydrogens is 320 g/mol. The average molecular weight is 340 g/mol. The summed E-state index contributed by atoms with van der Waals surface area (Å²) in [5.41, 5.74) is 0.638. The number of aromatic nitrogens is 4. The van der Waals surface area contributed by atoms with Crippen molar-refractivity contribution in [1.82, 2.24) is 24.6 Å². The molecule has 0 bridgehead atoms. The number of likely N-dealkylation sites (tertiary alicyclic amines) is 1. The highest BCUT2D eigenvalue weighted by Crippen LogP contribution is 2.32. The second-order valence-electron chi connectivity index (χ2n) is 6.63. The fourth-order valence-electron chi connectivity index (χ4n) is 3.15. The molecule has 3 heterocycles. The van der Waals surface area contributed by atoms with E-state index in [0.717, 1.165) is 32.2 Å². The Bertz CT molecular complexity index is 754. The highest BCUT2D eigenvalue weighted by atomic mass is 16.2. The predicted molar refractivity (Wildman–Crippen MR) is 89.8 cm³/mol. The Labute approximate surface area is 145 Å². The molecule has 1 N–H and O–H groups in total. The van der Waals surface area contributed by atoms with E-state index in [0.29, 0.717) is 18.1 Å². The molecule has 25 heavy (non-hydrogen) atoms. The molecule has 1 aliphatic heterocycles. The molecule has 1 saturated carbocycles. The summed E-state index contributed by atoms with van der Waals surface area (Å²) in [6, 6.07) is 3.56. The van der Waals surface area contributed by atoms with Crippen LogP contribution in [0.2, 0.25) is 0 Å². The van der Waals surface area contributed by atoms with E-state index >= 15 is 0 Å². The number of carbonyl (C=O) groups is 2. The van der Waals surface area contributed by atoms with Crippen molar-refractivity contribution >= 4 is 17.5 Å². The van der Waals surface area contributed by atoms with Gasteiger partial charge < -0.3 is 10.2 Å². The van der Waals surface area contributed by atoms with Gasteiger partial charge in [-0.15, -0.1) is 0 Å². The van der Waals surface area contributed by atoms with Gasteiger partial charge in [0.25, 0.3) is 0 Å². The standard InChI is InChI=1S/C17H20N6O2/c24-16(13-2-1-7-22(9-13)17(25)12-3-4-12)21-14-5-6-15(19-8-14)23-11-18-10-20-23/h5-6,8,10-13H,1-4,7,9H2,(H,21,24). The van der Waals surface area contributed by atoms with Crippen molar-refractivity contribution in [2.24, 2.45) is 11.8 Å². The van der Waals surface area contributed by atoms with Gasteiger partial charge in [0.2, 0.25) is 11.8 Å². The number of rotatable bonds is 4. The third-order valence-electron chi connectivity index (χ3n) is 4.70. The van der Waals surface area contributed by atoms with Crippen LogP contribution in [0.5, 0.6) is 0 Å². The zero-order valence-corrected chi connectivity index (χ0v) is 13.8. The van der Waals surface area contributed by atoms with E-state index in [2.05, 4.69) is 20.4 Å². The van der Waals surface area contributed by atoms with E-state index in [1.54, 1.807) is 29.3 Å². The number of nitrogens with zero attached hydrogens (tertiary/aromatic N) is 5. The van der Waals surface area contributed by atoms with Gasteiger partial charge in [0.15, 0.2) is 5.82 Å². The molecule has 8 nitrogen and oxygen atoms in total. The molecule has 0 radical (unpaired) electrons. The average Bonchev–Trinajstić information content (AvgIpc) is 3.36. The van der Waals surface area contributed by atoms with Gasteiger partial charge in [0, 0.05) is 19.0 Å². The Morgan fingerprint density at radius 1 is 1.16 bits per heavy atom. The molecule has 130 valence electrons. The van der Waals surface area contributed by atoms with Crippen LogP contribution in [-0.4, -0.2) is 49.6 Å². The van der Waals surface area contributed by atoms with E-state index in [9.17, 15) is 9.59 Å². The number of amides is 2. The number of nitrogens with one attached hydrogen (secondary N) is 1. The molecule has 2 fully saturated rings. The Balaban J connectivity index is 1.37. The van der Waals surface area contributed by atoms with Crippen LogP contribution in [-0.2, 0) is 9.59 Å². The lowest BCUT2D eigenvalue weighted by Crippen LogP contribution is -2.44. The predicted octanol–water partition coefficient (Wildman–Crippen LogP) is 1.25. The smallest absolute Gasteiger partial charge is 0.229 e. The number of hydrogen-bond donors (Lipinski definition) is 1. The largest absolute Gasteiger partial charge is 0.342 e. The van der Waals surface area contributed by atoms with Gasteiger partial charge in [-0.1, -0.05) is 0 Å². The van der Waals surface area contributed by atoms with E-state index in [1.165, 1.54) is 6.33 Å². The van der Waals surface area contributed by atoms with Crippen LogP contribution < -0.4 is 5.32 Å². The quantitative estimate of drug-likeness (QED) is 0.904. The first-order valence-corrected chi connectivity index (χ1v) is 8.61. The molecule has 0 spiro atoms. The Morgan fingerprint density at radius 2 is 2.04 bits per heavy atom. The van der Waals surface area contributed by atoms with E-state index in [-0.39, 0.29) is 23.7 Å². The molecule has 2 aromatic heterocycles. The number of pyridine rings is 1. The summed E-state index contributed by atoms with van der Waals surface area (Å²) in [6.45, 7) is 1.29. The SMILES string of the molecule is O=C(Nc1ccc(-n2cncn2)nc1)C1CCCN(C(=O)C2CC2)C1. The maximum Gasteiger partial charge on any atom is 0.229 e. The van der Waals surface area contributed by atoms with Crippen molar-refractivity contribution in [3.8, 4) is 5.82 Å². The Morgan fingerprint density at radius 3 is 2.72 bits per heavy atom. The molecule has 1 aliphatic carbocycles. The van der Waals surface area contributed by atoms with Crippen LogP contribution in [0, 0.1) is 11.8 Å². The van der Waals surface area contributed by atoms with Crippen LogP contribution in [0.3, 0.4) is 0 Å². The van der Waals surface area contributed by atoms with Crippen LogP contribution in [0.1, 0.15) is 25.7 Å². The van der Waals surface area contributed by atoms with Gasteiger partial charge in [0.05, 0.1) is 17.8 Å². The minimum atomic E-state index is -0.161. The van der Waals surface area contributed by atoms with E-state index in [4.69, 9.17) is 0 Å². The van der Waals surface area contributed by atoms with Crippen molar-refractivity contribution in [2.45, 2.75) is 25.7 Å². The van der Waals surface area contributed by atoms with Crippen molar-refractivity contribution in [2.75, 3.05) is 18.4 Å². The molecular formula is C17H20N6O2. The van der Waals surface area contributed by atoms with Crippen molar-refractivity contribution < 1.29 is 9.59 Å². The molecule has 2 aromatic rings. The molecule has 8 heteroatoms. The zero-order chi connectivity index (χ0) is 17.2. The third kappa shape index (κ3) is 3.52. The Hall–Kier alpha value is -2.77. The summed E-state index contributed by atoms with van der Waals surface area (Å²) < 4.78 is 1.55. The number of piperidine rings is 1. The molecule has 2 amide bonds. The van der Waals surface area contributed by atoms with Crippen molar-refractivity contribution in [3.63, 3.8) is 0 Å². The molecule has 4 rings (SSSR count). The first-order valence-electron chi connectivity index (χ1n) is 8.61. The highest BCUT2D eigenvalue weighted by Gasteiger charge is 2.36. The fourth-order valence-corrected chi connectivity index (χ4v) is 3.15. The molecule has 1 atom stereocenters. The summed E-state index contributed by atoms with van der Waals surface area (Å²) >= 11 is 0. The molecule has 1 saturated heterocycles. The molecule has 2 aliphatic rings. The van der Waals surface area contributed by atoms with Gasteiger partial charge in [0.1, 0.15) is 12.7 Å². The Kier molecular flexibility index (Phi) is 4.17. The summed E-state index contributed by atoms with van der Waals surface area (Å²) in [4.78, 5) is 34.8.